The highest BCUT2D eigenvalue weighted by molar-refractivity contribution is 5.39. The zero-order valence-corrected chi connectivity index (χ0v) is 8.61. The minimum absolute atomic E-state index is 0.138. The van der Waals surface area contributed by atoms with Gasteiger partial charge in [-0.2, -0.15) is 0 Å². The molecule has 2 rings (SSSR count). The number of nitrogens with two attached hydrogens (primary N) is 1. The monoisotopic (exact) mass is 208 g/mol. The lowest BCUT2D eigenvalue weighted by Crippen LogP contribution is -2.39. The Morgan fingerprint density at radius 2 is 2.07 bits per heavy atom. The van der Waals surface area contributed by atoms with Crippen LogP contribution in [0.2, 0.25) is 0 Å². The van der Waals surface area contributed by atoms with Crippen LogP contribution in [0.3, 0.4) is 0 Å². The van der Waals surface area contributed by atoms with Gasteiger partial charge >= 0.3 is 0 Å². The third-order valence-electron chi connectivity index (χ3n) is 2.93. The first kappa shape index (κ1) is 10.2. The minimum Gasteiger partial charge on any atom is -0.394 e. The molecule has 1 aliphatic carbocycles. The highest BCUT2D eigenvalue weighted by Gasteiger charge is 2.33. The van der Waals surface area contributed by atoms with Crippen LogP contribution in [0.4, 0.5) is 11.6 Å². The van der Waals surface area contributed by atoms with Gasteiger partial charge in [-0.05, 0) is 12.8 Å². The molecule has 82 valence electrons. The van der Waals surface area contributed by atoms with E-state index >= 15 is 0 Å². The maximum absolute atomic E-state index is 9.40. The number of anilines is 2. The number of nitrogen functional groups attached to an aromatic ring is 1. The Bertz CT molecular complexity index is 319. The third-order valence-corrected chi connectivity index (χ3v) is 2.93. The van der Waals surface area contributed by atoms with Crippen LogP contribution in [0.15, 0.2) is 12.4 Å². The fourth-order valence-electron chi connectivity index (χ4n) is 2.05. The van der Waals surface area contributed by atoms with E-state index in [0.29, 0.717) is 11.6 Å². The van der Waals surface area contributed by atoms with Crippen LogP contribution in [0, 0.1) is 0 Å². The van der Waals surface area contributed by atoms with Crippen molar-refractivity contribution in [2.24, 2.45) is 0 Å². The minimum atomic E-state index is -0.204. The molecule has 0 radical (unpaired) electrons. The molecule has 1 aromatic heterocycles. The van der Waals surface area contributed by atoms with E-state index in [1.807, 2.05) is 0 Å². The molecule has 5 heteroatoms. The second-order valence-corrected chi connectivity index (χ2v) is 4.10. The van der Waals surface area contributed by atoms with Gasteiger partial charge in [-0.25, -0.2) is 9.97 Å². The van der Waals surface area contributed by atoms with Crippen molar-refractivity contribution in [1.82, 2.24) is 9.97 Å². The summed E-state index contributed by atoms with van der Waals surface area (Å²) in [5.74, 6) is 1.09. The van der Waals surface area contributed by atoms with Crippen molar-refractivity contribution < 1.29 is 5.11 Å². The van der Waals surface area contributed by atoms with E-state index in [0.717, 1.165) is 25.7 Å². The second-order valence-electron chi connectivity index (χ2n) is 4.10. The number of aromatic nitrogens is 2. The number of nitrogens with one attached hydrogen (secondary N) is 1. The van der Waals surface area contributed by atoms with E-state index in [9.17, 15) is 5.11 Å². The lowest BCUT2D eigenvalue weighted by Gasteiger charge is -2.28. The zero-order valence-electron chi connectivity index (χ0n) is 8.61. The predicted octanol–water partition coefficient (Wildman–Crippen LogP) is 0.776. The Morgan fingerprint density at radius 1 is 1.33 bits per heavy atom. The molecule has 0 unspecified atom stereocenters. The smallest absolute Gasteiger partial charge is 0.145 e. The van der Waals surface area contributed by atoms with Crippen molar-refractivity contribution in [3.05, 3.63) is 12.4 Å². The molecule has 4 N–H and O–H groups in total. The summed E-state index contributed by atoms with van der Waals surface area (Å²) in [7, 11) is 0. The molecule has 0 spiro atoms. The first-order valence-corrected chi connectivity index (χ1v) is 5.21. The van der Waals surface area contributed by atoms with Crippen LogP contribution in [0.5, 0.6) is 0 Å². The molecule has 1 fully saturated rings. The quantitative estimate of drug-likeness (QED) is 0.683. The maximum atomic E-state index is 9.40. The van der Waals surface area contributed by atoms with Crippen molar-refractivity contribution >= 4 is 11.6 Å². The largest absolute Gasteiger partial charge is 0.394 e. The molecule has 1 aliphatic rings. The summed E-state index contributed by atoms with van der Waals surface area (Å²) >= 11 is 0. The fraction of sp³-hybridized carbons (Fsp3) is 0.600. The molecule has 1 aromatic rings. The molecule has 15 heavy (non-hydrogen) atoms. The fourth-order valence-corrected chi connectivity index (χ4v) is 2.05. The molecule has 0 amide bonds. The van der Waals surface area contributed by atoms with E-state index in [1.165, 1.54) is 6.20 Å². The Kier molecular flexibility index (Phi) is 2.73. The summed E-state index contributed by atoms with van der Waals surface area (Å²) in [5.41, 5.74) is 5.25. The van der Waals surface area contributed by atoms with E-state index in [-0.39, 0.29) is 12.1 Å². The highest BCUT2D eigenvalue weighted by Crippen LogP contribution is 2.31. The number of hydrogen-bond donors (Lipinski definition) is 3. The topological polar surface area (TPSA) is 84.1 Å². The number of aliphatic hydroxyl groups is 1. The molecule has 0 aliphatic heterocycles. The average molecular weight is 208 g/mol. The lowest BCUT2D eigenvalue weighted by molar-refractivity contribution is 0.214. The van der Waals surface area contributed by atoms with Gasteiger partial charge in [0.15, 0.2) is 0 Å². The number of rotatable bonds is 3. The standard InChI is InChI=1S/C10H16N4O/c11-8-5-13-9(6-12-8)14-10(7-15)3-1-2-4-10/h5-6,15H,1-4,7H2,(H2,11,12)(H,13,14). The second kappa shape index (κ2) is 4.02. The normalized spacial score (nSPS) is 19.0. The number of nitrogens with zero attached hydrogens (tertiary/aromatic N) is 2. The summed E-state index contributed by atoms with van der Waals surface area (Å²) in [6.45, 7) is 0.138. The molecule has 5 nitrogen and oxygen atoms in total. The van der Waals surface area contributed by atoms with Gasteiger partial charge in [-0.1, -0.05) is 12.8 Å². The Morgan fingerprint density at radius 3 is 2.60 bits per heavy atom. The van der Waals surface area contributed by atoms with Crippen molar-refractivity contribution in [1.29, 1.82) is 0 Å². The summed E-state index contributed by atoms with van der Waals surface area (Å²) < 4.78 is 0. The van der Waals surface area contributed by atoms with Crippen LogP contribution >= 0.6 is 0 Å². The van der Waals surface area contributed by atoms with Gasteiger partial charge in [-0.3, -0.25) is 0 Å². The summed E-state index contributed by atoms with van der Waals surface area (Å²) in [5, 5.41) is 12.6. The summed E-state index contributed by atoms with van der Waals surface area (Å²) in [6.07, 6.45) is 7.38. The predicted molar refractivity (Wildman–Crippen MR) is 58.4 cm³/mol. The van der Waals surface area contributed by atoms with Gasteiger partial charge in [0.05, 0.1) is 24.5 Å². The van der Waals surface area contributed by atoms with E-state index in [1.54, 1.807) is 6.20 Å². The number of hydrogen-bond acceptors (Lipinski definition) is 5. The third kappa shape index (κ3) is 2.18. The van der Waals surface area contributed by atoms with Crippen molar-refractivity contribution in [2.45, 2.75) is 31.2 Å². The van der Waals surface area contributed by atoms with Crippen LogP contribution in [-0.2, 0) is 0 Å². The van der Waals surface area contributed by atoms with Gasteiger partial charge in [-0.15, -0.1) is 0 Å². The Hall–Kier alpha value is -1.36. The van der Waals surface area contributed by atoms with Crippen LogP contribution < -0.4 is 11.1 Å². The Labute approximate surface area is 88.7 Å². The van der Waals surface area contributed by atoms with E-state index < -0.39 is 0 Å². The van der Waals surface area contributed by atoms with Gasteiger partial charge in [0.1, 0.15) is 11.6 Å². The van der Waals surface area contributed by atoms with Crippen molar-refractivity contribution in [3.63, 3.8) is 0 Å². The number of aliphatic hydroxyl groups excluding tert-OH is 1. The van der Waals surface area contributed by atoms with Gasteiger partial charge in [0.2, 0.25) is 0 Å². The van der Waals surface area contributed by atoms with Crippen LogP contribution in [-0.4, -0.2) is 27.2 Å². The zero-order chi connectivity index (χ0) is 10.7. The molecule has 0 saturated heterocycles. The van der Waals surface area contributed by atoms with E-state index in [2.05, 4.69) is 15.3 Å². The summed E-state index contributed by atoms with van der Waals surface area (Å²) in [4.78, 5) is 8.08. The van der Waals surface area contributed by atoms with Gasteiger partial charge in [0.25, 0.3) is 0 Å². The van der Waals surface area contributed by atoms with Crippen LogP contribution in [0.1, 0.15) is 25.7 Å². The molecule has 1 heterocycles. The van der Waals surface area contributed by atoms with E-state index in [4.69, 9.17) is 5.73 Å². The first-order chi connectivity index (χ1) is 7.24. The SMILES string of the molecule is Nc1cnc(NC2(CO)CCCC2)cn1. The van der Waals surface area contributed by atoms with Crippen molar-refractivity contribution in [2.75, 3.05) is 17.7 Å². The van der Waals surface area contributed by atoms with Gasteiger partial charge < -0.3 is 16.2 Å². The summed E-state index contributed by atoms with van der Waals surface area (Å²) in [6, 6.07) is 0. The Balaban J connectivity index is 2.09. The maximum Gasteiger partial charge on any atom is 0.145 e. The molecule has 1 saturated carbocycles. The first-order valence-electron chi connectivity index (χ1n) is 5.21. The van der Waals surface area contributed by atoms with Crippen molar-refractivity contribution in [3.8, 4) is 0 Å². The molecule has 0 bridgehead atoms. The highest BCUT2D eigenvalue weighted by atomic mass is 16.3. The molecule has 0 atom stereocenters. The lowest BCUT2D eigenvalue weighted by atomic mass is 9.99. The molecule has 0 aromatic carbocycles. The van der Waals surface area contributed by atoms with Crippen LogP contribution in [0.25, 0.3) is 0 Å². The average Bonchev–Trinajstić information content (AvgIpc) is 2.71. The molecular formula is C10H16N4O. The van der Waals surface area contributed by atoms with Gasteiger partial charge in [0, 0.05) is 0 Å². The molecular weight excluding hydrogens is 192 g/mol.